The molecule has 0 aliphatic carbocycles. The molecule has 0 fully saturated rings. The van der Waals surface area contributed by atoms with Gasteiger partial charge in [0, 0.05) is 10.6 Å². The lowest BCUT2D eigenvalue weighted by atomic mass is 10.00. The molecule has 1 N–H and O–H groups in total. The SMILES string of the molecule is C/C(=N\OCc1ccc(Cl)cc1)c1ccc(C(F)(F)F)cc1C(F)(F)F.N=S(=O)=O. The Hall–Kier alpha value is -2.60. The monoisotopic (exact) mass is 474 g/mol. The zero-order valence-electron chi connectivity index (χ0n) is 15.0. The average Bonchev–Trinajstić information content (AvgIpc) is 2.61. The lowest BCUT2D eigenvalue weighted by Crippen LogP contribution is -2.15. The Kier molecular flexibility index (Phi) is 8.85. The van der Waals surface area contributed by atoms with Crippen LogP contribution < -0.4 is 0 Å². The van der Waals surface area contributed by atoms with Gasteiger partial charge in [0.25, 0.3) is 0 Å². The topological polar surface area (TPSA) is 79.6 Å². The second-order valence-corrected chi connectivity index (χ2v) is 6.47. The van der Waals surface area contributed by atoms with Crippen LogP contribution in [0.15, 0.2) is 47.6 Å². The molecule has 13 heteroatoms. The summed E-state index contributed by atoms with van der Waals surface area (Å²) in [6, 6.07) is 7.87. The van der Waals surface area contributed by atoms with E-state index in [4.69, 9.17) is 29.6 Å². The van der Waals surface area contributed by atoms with E-state index < -0.39 is 39.5 Å². The number of rotatable bonds is 4. The maximum Gasteiger partial charge on any atom is 0.417 e. The predicted molar refractivity (Wildman–Crippen MR) is 96.5 cm³/mol. The van der Waals surface area contributed by atoms with E-state index in [1.807, 2.05) is 0 Å². The lowest BCUT2D eigenvalue weighted by molar-refractivity contribution is -0.143. The van der Waals surface area contributed by atoms with Crippen molar-refractivity contribution in [1.29, 1.82) is 4.78 Å². The molecule has 0 heterocycles. The molecule has 0 amide bonds. The highest BCUT2D eigenvalue weighted by atomic mass is 35.5. The van der Waals surface area contributed by atoms with Gasteiger partial charge in [-0.1, -0.05) is 35.0 Å². The highest BCUT2D eigenvalue weighted by molar-refractivity contribution is 7.60. The fourth-order valence-corrected chi connectivity index (χ4v) is 2.23. The molecule has 2 aromatic rings. The van der Waals surface area contributed by atoms with Crippen LogP contribution in [0.1, 0.15) is 29.2 Å². The molecule has 0 saturated carbocycles. The number of oxime groups is 1. The van der Waals surface area contributed by atoms with Crippen molar-refractivity contribution in [1.82, 2.24) is 0 Å². The Balaban J connectivity index is 0.00000103. The van der Waals surface area contributed by atoms with Crippen molar-refractivity contribution in [2.45, 2.75) is 25.9 Å². The van der Waals surface area contributed by atoms with E-state index >= 15 is 0 Å². The zero-order valence-corrected chi connectivity index (χ0v) is 16.5. The van der Waals surface area contributed by atoms with E-state index in [1.165, 1.54) is 6.92 Å². The van der Waals surface area contributed by atoms with Crippen LogP contribution in [0.25, 0.3) is 0 Å². The highest BCUT2D eigenvalue weighted by Crippen LogP contribution is 2.37. The molecular formula is C17H13ClF6N2O3S. The molecule has 0 aliphatic rings. The third-order valence-electron chi connectivity index (χ3n) is 3.39. The summed E-state index contributed by atoms with van der Waals surface area (Å²) in [5.41, 5.74) is -2.82. The van der Waals surface area contributed by atoms with Gasteiger partial charge in [0.15, 0.2) is 0 Å². The van der Waals surface area contributed by atoms with Gasteiger partial charge in [0.05, 0.1) is 16.8 Å². The molecule has 164 valence electrons. The predicted octanol–water partition coefficient (Wildman–Crippen LogP) is 5.95. The summed E-state index contributed by atoms with van der Waals surface area (Å²) in [4.78, 5) is 5.00. The molecule has 0 spiro atoms. The van der Waals surface area contributed by atoms with Crippen LogP contribution in [0, 0.1) is 4.78 Å². The van der Waals surface area contributed by atoms with Gasteiger partial charge in [0.1, 0.15) is 6.61 Å². The first-order chi connectivity index (χ1) is 13.7. The van der Waals surface area contributed by atoms with Crippen molar-refractivity contribution in [3.8, 4) is 0 Å². The van der Waals surface area contributed by atoms with Gasteiger partial charge in [-0.25, -0.2) is 0 Å². The number of nitrogens with one attached hydrogen (secondary N) is 1. The van der Waals surface area contributed by atoms with E-state index in [9.17, 15) is 26.3 Å². The van der Waals surface area contributed by atoms with Gasteiger partial charge in [-0.3, -0.25) is 0 Å². The number of alkyl halides is 6. The summed E-state index contributed by atoms with van der Waals surface area (Å²) in [5.74, 6) is 0. The number of hydrogen-bond donors (Lipinski definition) is 1. The van der Waals surface area contributed by atoms with Crippen molar-refractivity contribution >= 4 is 27.8 Å². The minimum Gasteiger partial charge on any atom is -0.391 e. The first-order valence-electron chi connectivity index (χ1n) is 7.72. The minimum atomic E-state index is -4.97. The Morgan fingerprint density at radius 2 is 1.57 bits per heavy atom. The van der Waals surface area contributed by atoms with Crippen LogP contribution in [0.2, 0.25) is 5.02 Å². The molecule has 2 rings (SSSR count). The van der Waals surface area contributed by atoms with Crippen LogP contribution in [0.5, 0.6) is 0 Å². The van der Waals surface area contributed by atoms with E-state index in [1.54, 1.807) is 24.3 Å². The maximum absolute atomic E-state index is 13.1. The van der Waals surface area contributed by atoms with Crippen LogP contribution >= 0.6 is 11.6 Å². The second-order valence-electron chi connectivity index (χ2n) is 5.57. The number of halogens is 7. The first-order valence-corrected chi connectivity index (χ1v) is 9.17. The fraction of sp³-hybridized carbons (Fsp3) is 0.235. The van der Waals surface area contributed by atoms with Crippen LogP contribution in [0.3, 0.4) is 0 Å². The van der Waals surface area contributed by atoms with Crippen molar-refractivity contribution in [2.75, 3.05) is 0 Å². The maximum atomic E-state index is 13.1. The Bertz CT molecular complexity index is 997. The molecule has 0 aromatic heterocycles. The molecule has 0 aliphatic heterocycles. The van der Waals surface area contributed by atoms with Gasteiger partial charge in [-0.15, -0.1) is 0 Å². The molecule has 0 saturated heterocycles. The molecule has 5 nitrogen and oxygen atoms in total. The van der Waals surface area contributed by atoms with Gasteiger partial charge >= 0.3 is 22.9 Å². The smallest absolute Gasteiger partial charge is 0.391 e. The van der Waals surface area contributed by atoms with Gasteiger partial charge in [0.2, 0.25) is 0 Å². The quantitative estimate of drug-likeness (QED) is 0.338. The third-order valence-corrected chi connectivity index (χ3v) is 3.64. The lowest BCUT2D eigenvalue weighted by Gasteiger charge is -2.15. The molecule has 0 bridgehead atoms. The number of benzene rings is 2. The Morgan fingerprint density at radius 1 is 1.03 bits per heavy atom. The standard InChI is InChI=1S/C17H12ClF6NO.HNO2S/c1-10(25-26-9-11-2-5-13(18)6-3-11)14-7-4-12(16(19,20)21)8-15(14)17(22,23)24;1-4(2)3/h2-8H,9H2,1H3;1H/b25-10+;. The summed E-state index contributed by atoms with van der Waals surface area (Å²) in [5, 5.41) is 4.09. The molecule has 0 radical (unpaired) electrons. The first kappa shape index (κ1) is 25.4. The van der Waals surface area contributed by atoms with Crippen LogP contribution in [-0.4, -0.2) is 14.1 Å². The Labute approximate surface area is 173 Å². The van der Waals surface area contributed by atoms with Crippen LogP contribution in [0.4, 0.5) is 26.3 Å². The fourth-order valence-electron chi connectivity index (χ4n) is 2.10. The molecule has 2 aromatic carbocycles. The van der Waals surface area contributed by atoms with Crippen molar-refractivity contribution in [3.63, 3.8) is 0 Å². The summed E-state index contributed by atoms with van der Waals surface area (Å²) in [6.07, 6.45) is -9.85. The Morgan fingerprint density at radius 3 is 2.03 bits per heavy atom. The summed E-state index contributed by atoms with van der Waals surface area (Å²) in [7, 11) is -2.61. The molecule has 0 unspecified atom stereocenters. The molecular weight excluding hydrogens is 462 g/mol. The molecule has 0 atom stereocenters. The van der Waals surface area contributed by atoms with E-state index in [0.717, 1.165) is 6.07 Å². The van der Waals surface area contributed by atoms with Gasteiger partial charge in [-0.2, -0.15) is 39.5 Å². The van der Waals surface area contributed by atoms with Crippen molar-refractivity contribution in [2.24, 2.45) is 5.16 Å². The summed E-state index contributed by atoms with van der Waals surface area (Å²) >= 11 is 5.73. The largest absolute Gasteiger partial charge is 0.417 e. The average molecular weight is 475 g/mol. The van der Waals surface area contributed by atoms with E-state index in [-0.39, 0.29) is 18.4 Å². The van der Waals surface area contributed by atoms with E-state index in [0.29, 0.717) is 16.7 Å². The summed E-state index contributed by atoms with van der Waals surface area (Å²) in [6.45, 7) is 1.19. The zero-order chi connectivity index (χ0) is 23.1. The van der Waals surface area contributed by atoms with Gasteiger partial charge < -0.3 is 4.84 Å². The second kappa shape index (κ2) is 10.4. The minimum absolute atomic E-state index is 0.0313. The highest BCUT2D eigenvalue weighted by Gasteiger charge is 2.38. The normalized spacial score (nSPS) is 12.1. The third kappa shape index (κ3) is 8.41. The number of hydrogen-bond acceptors (Lipinski definition) is 5. The van der Waals surface area contributed by atoms with Gasteiger partial charge in [-0.05, 0) is 36.8 Å². The summed E-state index contributed by atoms with van der Waals surface area (Å²) < 4.78 is 100. The van der Waals surface area contributed by atoms with Crippen molar-refractivity contribution < 1.29 is 39.6 Å². The van der Waals surface area contributed by atoms with Crippen LogP contribution in [-0.2, 0) is 34.3 Å². The number of nitrogens with zero attached hydrogens (tertiary/aromatic N) is 1. The van der Waals surface area contributed by atoms with Crippen molar-refractivity contribution in [3.05, 3.63) is 69.7 Å². The molecule has 30 heavy (non-hydrogen) atoms. The van der Waals surface area contributed by atoms with E-state index in [2.05, 4.69) is 5.16 Å².